The minimum atomic E-state index is -0.141. The Bertz CT molecular complexity index is 647. The van der Waals surface area contributed by atoms with Crippen LogP contribution >= 0.6 is 11.6 Å². The van der Waals surface area contributed by atoms with Crippen molar-refractivity contribution in [3.05, 3.63) is 51.3 Å². The predicted molar refractivity (Wildman–Crippen MR) is 73.9 cm³/mol. The smallest absolute Gasteiger partial charge is 0.267 e. The van der Waals surface area contributed by atoms with Crippen molar-refractivity contribution in [3.63, 3.8) is 0 Å². The van der Waals surface area contributed by atoms with Crippen molar-refractivity contribution < 1.29 is 0 Å². The van der Waals surface area contributed by atoms with Gasteiger partial charge in [-0.3, -0.25) is 4.79 Å². The van der Waals surface area contributed by atoms with Gasteiger partial charge in [0.2, 0.25) is 0 Å². The van der Waals surface area contributed by atoms with Crippen LogP contribution in [0.15, 0.2) is 29.1 Å². The third-order valence-corrected chi connectivity index (χ3v) is 3.37. The lowest BCUT2D eigenvalue weighted by Crippen LogP contribution is -2.23. The molecule has 0 aliphatic heterocycles. The van der Waals surface area contributed by atoms with Gasteiger partial charge in [0.25, 0.3) is 5.56 Å². The van der Waals surface area contributed by atoms with E-state index in [1.54, 1.807) is 13.1 Å². The highest BCUT2D eigenvalue weighted by atomic mass is 35.5. The summed E-state index contributed by atoms with van der Waals surface area (Å²) in [6.07, 6.45) is 0. The summed E-state index contributed by atoms with van der Waals surface area (Å²) >= 11 is 5.78. The number of halogens is 1. The SMILES string of the molecule is Cc1ccc(-c2cc(CCl)c(=O)n(C)n2)cc1C. The van der Waals surface area contributed by atoms with Crippen molar-refractivity contribution in [2.45, 2.75) is 19.7 Å². The van der Waals surface area contributed by atoms with Gasteiger partial charge in [-0.2, -0.15) is 5.10 Å². The summed E-state index contributed by atoms with van der Waals surface area (Å²) in [6, 6.07) is 7.89. The highest BCUT2D eigenvalue weighted by Crippen LogP contribution is 2.20. The molecule has 4 heteroatoms. The lowest BCUT2D eigenvalue weighted by atomic mass is 10.0. The predicted octanol–water partition coefficient (Wildman–Crippen LogP) is 2.80. The lowest BCUT2D eigenvalue weighted by molar-refractivity contribution is 0.703. The van der Waals surface area contributed by atoms with Gasteiger partial charge >= 0.3 is 0 Å². The summed E-state index contributed by atoms with van der Waals surface area (Å²) in [7, 11) is 1.64. The van der Waals surface area contributed by atoms with Crippen molar-refractivity contribution in [2.75, 3.05) is 0 Å². The van der Waals surface area contributed by atoms with E-state index >= 15 is 0 Å². The molecule has 0 radical (unpaired) electrons. The molecular weight excluding hydrogens is 248 g/mol. The second-order valence-corrected chi connectivity index (χ2v) is 4.68. The average molecular weight is 263 g/mol. The van der Waals surface area contributed by atoms with E-state index in [1.807, 2.05) is 6.07 Å². The van der Waals surface area contributed by atoms with Gasteiger partial charge < -0.3 is 0 Å². The number of alkyl halides is 1. The average Bonchev–Trinajstić information content (AvgIpc) is 2.36. The van der Waals surface area contributed by atoms with Crippen LogP contribution in [0.4, 0.5) is 0 Å². The molecule has 1 aromatic heterocycles. The Morgan fingerprint density at radius 2 is 1.94 bits per heavy atom. The maximum absolute atomic E-state index is 11.7. The topological polar surface area (TPSA) is 34.9 Å². The maximum atomic E-state index is 11.7. The molecule has 0 amide bonds. The minimum Gasteiger partial charge on any atom is -0.267 e. The molecular formula is C14H15ClN2O. The molecule has 2 rings (SSSR count). The molecule has 2 aromatic rings. The summed E-state index contributed by atoms with van der Waals surface area (Å²) in [6.45, 7) is 4.13. The maximum Gasteiger partial charge on any atom is 0.270 e. The Labute approximate surface area is 111 Å². The van der Waals surface area contributed by atoms with Gasteiger partial charge in [-0.25, -0.2) is 4.68 Å². The summed E-state index contributed by atoms with van der Waals surface area (Å²) in [5, 5.41) is 4.27. The van der Waals surface area contributed by atoms with Gasteiger partial charge in [0.15, 0.2) is 0 Å². The molecule has 18 heavy (non-hydrogen) atoms. The molecule has 0 fully saturated rings. The molecule has 0 unspecified atom stereocenters. The van der Waals surface area contributed by atoms with Crippen LogP contribution in [0.1, 0.15) is 16.7 Å². The number of benzene rings is 1. The molecule has 0 spiro atoms. The normalized spacial score (nSPS) is 10.7. The van der Waals surface area contributed by atoms with Gasteiger partial charge in [0.1, 0.15) is 0 Å². The molecule has 1 aromatic carbocycles. The van der Waals surface area contributed by atoms with E-state index in [0.717, 1.165) is 11.3 Å². The van der Waals surface area contributed by atoms with Crippen LogP contribution in [0.25, 0.3) is 11.3 Å². The van der Waals surface area contributed by atoms with Crippen LogP contribution in [0.3, 0.4) is 0 Å². The van der Waals surface area contributed by atoms with E-state index in [9.17, 15) is 4.79 Å². The monoisotopic (exact) mass is 262 g/mol. The van der Waals surface area contributed by atoms with Crippen molar-refractivity contribution in [1.82, 2.24) is 9.78 Å². The van der Waals surface area contributed by atoms with Crippen LogP contribution in [-0.2, 0) is 12.9 Å². The number of rotatable bonds is 2. The van der Waals surface area contributed by atoms with Gasteiger partial charge in [-0.05, 0) is 37.1 Å². The first-order chi connectivity index (χ1) is 8.52. The number of nitrogens with zero attached hydrogens (tertiary/aromatic N) is 2. The van der Waals surface area contributed by atoms with E-state index in [2.05, 4.69) is 31.1 Å². The van der Waals surface area contributed by atoms with Crippen LogP contribution in [0.2, 0.25) is 0 Å². The Hall–Kier alpha value is -1.61. The Morgan fingerprint density at radius 1 is 1.22 bits per heavy atom. The van der Waals surface area contributed by atoms with Gasteiger partial charge in [0.05, 0.1) is 11.6 Å². The van der Waals surface area contributed by atoms with Crippen LogP contribution in [-0.4, -0.2) is 9.78 Å². The Balaban J connectivity index is 2.60. The van der Waals surface area contributed by atoms with Crippen molar-refractivity contribution in [2.24, 2.45) is 7.05 Å². The molecule has 94 valence electrons. The van der Waals surface area contributed by atoms with Gasteiger partial charge in [-0.15, -0.1) is 11.6 Å². The highest BCUT2D eigenvalue weighted by Gasteiger charge is 2.07. The zero-order chi connectivity index (χ0) is 13.3. The standard InChI is InChI=1S/C14H15ClN2O/c1-9-4-5-11(6-10(9)2)13-7-12(8-15)14(18)17(3)16-13/h4-7H,8H2,1-3H3. The quantitative estimate of drug-likeness (QED) is 0.780. The van der Waals surface area contributed by atoms with Crippen LogP contribution in [0.5, 0.6) is 0 Å². The van der Waals surface area contributed by atoms with Crippen LogP contribution in [0, 0.1) is 13.8 Å². The van der Waals surface area contributed by atoms with Crippen molar-refractivity contribution in [3.8, 4) is 11.3 Å². The summed E-state index contributed by atoms with van der Waals surface area (Å²) in [5.74, 6) is 0.201. The summed E-state index contributed by atoms with van der Waals surface area (Å²) in [5.41, 5.74) is 4.65. The largest absolute Gasteiger partial charge is 0.270 e. The fourth-order valence-electron chi connectivity index (χ4n) is 1.81. The first kappa shape index (κ1) is 12.8. The van der Waals surface area contributed by atoms with Crippen molar-refractivity contribution in [1.29, 1.82) is 0 Å². The summed E-state index contributed by atoms with van der Waals surface area (Å²) in [4.78, 5) is 11.7. The molecule has 0 atom stereocenters. The minimum absolute atomic E-state index is 0.141. The van der Waals surface area contributed by atoms with E-state index in [4.69, 9.17) is 11.6 Å². The second kappa shape index (κ2) is 4.94. The Morgan fingerprint density at radius 3 is 2.56 bits per heavy atom. The molecule has 0 aliphatic carbocycles. The van der Waals surface area contributed by atoms with E-state index in [-0.39, 0.29) is 11.4 Å². The first-order valence-corrected chi connectivity index (χ1v) is 6.27. The lowest BCUT2D eigenvalue weighted by Gasteiger charge is -2.07. The van der Waals surface area contributed by atoms with E-state index in [0.29, 0.717) is 5.56 Å². The molecule has 0 bridgehead atoms. The number of hydrogen-bond donors (Lipinski definition) is 0. The fraction of sp³-hybridized carbons (Fsp3) is 0.286. The molecule has 0 saturated carbocycles. The second-order valence-electron chi connectivity index (χ2n) is 4.42. The third-order valence-electron chi connectivity index (χ3n) is 3.08. The number of aromatic nitrogens is 2. The molecule has 0 N–H and O–H groups in total. The van der Waals surface area contributed by atoms with Gasteiger partial charge in [-0.1, -0.05) is 12.1 Å². The first-order valence-electron chi connectivity index (χ1n) is 5.73. The highest BCUT2D eigenvalue weighted by molar-refractivity contribution is 6.17. The molecule has 0 aliphatic rings. The van der Waals surface area contributed by atoms with Crippen molar-refractivity contribution >= 4 is 11.6 Å². The molecule has 0 saturated heterocycles. The van der Waals surface area contributed by atoms with E-state index in [1.165, 1.54) is 15.8 Å². The molecule has 3 nitrogen and oxygen atoms in total. The Kier molecular flexibility index (Phi) is 3.53. The third kappa shape index (κ3) is 2.31. The van der Waals surface area contributed by atoms with Crippen LogP contribution < -0.4 is 5.56 Å². The zero-order valence-corrected chi connectivity index (χ0v) is 11.5. The number of hydrogen-bond acceptors (Lipinski definition) is 2. The zero-order valence-electron chi connectivity index (χ0n) is 10.7. The summed E-state index contributed by atoms with van der Waals surface area (Å²) < 4.78 is 1.34. The fourth-order valence-corrected chi connectivity index (χ4v) is 2.00. The number of aryl methyl sites for hydroxylation is 3. The van der Waals surface area contributed by atoms with E-state index < -0.39 is 0 Å². The van der Waals surface area contributed by atoms with Gasteiger partial charge in [0, 0.05) is 18.2 Å². The molecule has 1 heterocycles.